The third kappa shape index (κ3) is 4.88. The van der Waals surface area contributed by atoms with Crippen LogP contribution in [0, 0.1) is 0 Å². The molecule has 1 aromatic rings. The van der Waals surface area contributed by atoms with Crippen LogP contribution in [0.15, 0.2) is 0 Å². The number of carbonyl (C=O) groups excluding carboxylic acids is 2. The quantitative estimate of drug-likeness (QED) is 0.806. The van der Waals surface area contributed by atoms with Gasteiger partial charge in [-0.3, -0.25) is 9.59 Å². The van der Waals surface area contributed by atoms with Gasteiger partial charge in [0.25, 0.3) is 5.91 Å². The summed E-state index contributed by atoms with van der Waals surface area (Å²) in [6, 6.07) is 0. The molecule has 0 saturated heterocycles. The highest BCUT2D eigenvalue weighted by Crippen LogP contribution is 2.36. The number of halogens is 4. The third-order valence-electron chi connectivity index (χ3n) is 2.43. The molecule has 1 aromatic heterocycles. The van der Waals surface area contributed by atoms with Crippen molar-refractivity contribution in [2.45, 2.75) is 26.3 Å². The molecule has 0 aliphatic heterocycles. The van der Waals surface area contributed by atoms with E-state index in [-0.39, 0.29) is 38.4 Å². The van der Waals surface area contributed by atoms with Crippen molar-refractivity contribution >= 4 is 58.2 Å². The van der Waals surface area contributed by atoms with E-state index in [1.807, 2.05) is 20.8 Å². The van der Waals surface area contributed by atoms with E-state index in [0.29, 0.717) is 0 Å². The fraction of sp³-hybridized carbons (Fsp3) is 0.462. The molecule has 0 aliphatic carbocycles. The molecule has 2 amide bonds. The molecular weight excluding hydrogens is 372 g/mol. The predicted molar refractivity (Wildman–Crippen MR) is 89.1 cm³/mol. The lowest BCUT2D eigenvalue weighted by molar-refractivity contribution is -0.122. The standard InChI is InChI=1S/C13H15Cl4N3O2/c1-13(2,3)19-6(21)5-20(4)12(22)10-8(15)7(14)9(16)11(17)18-10/h5H2,1-4H3,(H,19,21). The fourth-order valence-electron chi connectivity index (χ4n) is 1.55. The highest BCUT2D eigenvalue weighted by Gasteiger charge is 2.24. The SMILES string of the molecule is CN(CC(=O)NC(C)(C)C)C(=O)c1nc(Cl)c(Cl)c(Cl)c1Cl. The average Bonchev–Trinajstić information content (AvgIpc) is 2.37. The highest BCUT2D eigenvalue weighted by atomic mass is 35.5. The van der Waals surface area contributed by atoms with E-state index in [0.717, 1.165) is 4.90 Å². The molecule has 1 heterocycles. The van der Waals surface area contributed by atoms with Crippen LogP contribution in [0.1, 0.15) is 31.3 Å². The van der Waals surface area contributed by atoms with E-state index >= 15 is 0 Å². The van der Waals surface area contributed by atoms with Crippen LogP contribution in [0.5, 0.6) is 0 Å². The molecule has 0 radical (unpaired) electrons. The van der Waals surface area contributed by atoms with Gasteiger partial charge in [-0.2, -0.15) is 0 Å². The molecule has 5 nitrogen and oxygen atoms in total. The fourth-order valence-corrected chi connectivity index (χ4v) is 2.36. The lowest BCUT2D eigenvalue weighted by Gasteiger charge is -2.23. The van der Waals surface area contributed by atoms with Gasteiger partial charge in [0.05, 0.1) is 21.6 Å². The zero-order valence-electron chi connectivity index (χ0n) is 12.4. The summed E-state index contributed by atoms with van der Waals surface area (Å²) in [4.78, 5) is 29.2. The zero-order chi connectivity index (χ0) is 17.2. The van der Waals surface area contributed by atoms with E-state index in [1.165, 1.54) is 7.05 Å². The summed E-state index contributed by atoms with van der Waals surface area (Å²) in [6.45, 7) is 5.35. The van der Waals surface area contributed by atoms with Crippen LogP contribution in [0.3, 0.4) is 0 Å². The Morgan fingerprint density at radius 3 is 2.14 bits per heavy atom. The van der Waals surface area contributed by atoms with Gasteiger partial charge in [0.1, 0.15) is 10.8 Å². The van der Waals surface area contributed by atoms with Crippen molar-refractivity contribution < 1.29 is 9.59 Å². The van der Waals surface area contributed by atoms with Crippen molar-refractivity contribution in [1.82, 2.24) is 15.2 Å². The van der Waals surface area contributed by atoms with Crippen molar-refractivity contribution in [3.63, 3.8) is 0 Å². The van der Waals surface area contributed by atoms with Gasteiger partial charge in [-0.1, -0.05) is 46.4 Å². The van der Waals surface area contributed by atoms with Gasteiger partial charge in [0.2, 0.25) is 5.91 Å². The van der Waals surface area contributed by atoms with Crippen LogP contribution < -0.4 is 5.32 Å². The summed E-state index contributed by atoms with van der Waals surface area (Å²) >= 11 is 23.5. The van der Waals surface area contributed by atoms with Crippen LogP contribution in [-0.4, -0.2) is 40.8 Å². The van der Waals surface area contributed by atoms with Crippen molar-refractivity contribution in [2.75, 3.05) is 13.6 Å². The molecule has 9 heteroatoms. The Bertz CT molecular complexity index is 614. The topological polar surface area (TPSA) is 62.3 Å². The second-order valence-corrected chi connectivity index (χ2v) is 7.14. The number of pyridine rings is 1. The summed E-state index contributed by atoms with van der Waals surface area (Å²) in [6.07, 6.45) is 0. The Morgan fingerprint density at radius 1 is 1.09 bits per heavy atom. The van der Waals surface area contributed by atoms with E-state index in [1.54, 1.807) is 0 Å². The van der Waals surface area contributed by atoms with E-state index < -0.39 is 11.4 Å². The number of amides is 2. The van der Waals surface area contributed by atoms with Gasteiger partial charge >= 0.3 is 0 Å². The van der Waals surface area contributed by atoms with Gasteiger partial charge in [-0.25, -0.2) is 4.98 Å². The number of hydrogen-bond donors (Lipinski definition) is 1. The number of carbonyl (C=O) groups is 2. The minimum Gasteiger partial charge on any atom is -0.350 e. The molecular formula is C13H15Cl4N3O2. The molecule has 0 fully saturated rings. The van der Waals surface area contributed by atoms with Gasteiger partial charge in [-0.15, -0.1) is 0 Å². The van der Waals surface area contributed by atoms with Crippen molar-refractivity contribution in [2.24, 2.45) is 0 Å². The first-order valence-corrected chi connectivity index (χ1v) is 7.71. The van der Waals surface area contributed by atoms with Crippen LogP contribution >= 0.6 is 46.4 Å². The number of rotatable bonds is 3. The largest absolute Gasteiger partial charge is 0.350 e. The maximum absolute atomic E-state index is 12.3. The Kier molecular flexibility index (Phi) is 6.33. The number of aromatic nitrogens is 1. The lowest BCUT2D eigenvalue weighted by Crippen LogP contribution is -2.46. The first kappa shape index (κ1) is 19.3. The number of nitrogens with one attached hydrogen (secondary N) is 1. The van der Waals surface area contributed by atoms with E-state index in [4.69, 9.17) is 46.4 Å². The van der Waals surface area contributed by atoms with Crippen molar-refractivity contribution in [3.05, 3.63) is 25.9 Å². The van der Waals surface area contributed by atoms with Crippen molar-refractivity contribution in [3.8, 4) is 0 Å². The molecule has 0 atom stereocenters. The second-order valence-electron chi connectivity index (χ2n) is 5.65. The molecule has 0 spiro atoms. The Balaban J connectivity index is 2.95. The highest BCUT2D eigenvalue weighted by molar-refractivity contribution is 6.52. The van der Waals surface area contributed by atoms with E-state index in [9.17, 15) is 9.59 Å². The van der Waals surface area contributed by atoms with Gasteiger partial charge in [-0.05, 0) is 20.8 Å². The molecule has 0 aliphatic rings. The molecule has 122 valence electrons. The first-order valence-electron chi connectivity index (χ1n) is 6.20. The number of nitrogens with zero attached hydrogens (tertiary/aromatic N) is 2. The molecule has 0 saturated carbocycles. The Hall–Kier alpha value is -0.750. The Labute approximate surface area is 148 Å². The third-order valence-corrected chi connectivity index (χ3v) is 4.11. The predicted octanol–water partition coefficient (Wildman–Crippen LogP) is 3.68. The first-order chi connectivity index (χ1) is 9.94. The van der Waals surface area contributed by atoms with Gasteiger partial charge in [0, 0.05) is 12.6 Å². The smallest absolute Gasteiger partial charge is 0.274 e. The normalized spacial score (nSPS) is 11.3. The van der Waals surface area contributed by atoms with Gasteiger partial charge in [0.15, 0.2) is 0 Å². The maximum Gasteiger partial charge on any atom is 0.274 e. The summed E-state index contributed by atoms with van der Waals surface area (Å²) < 4.78 is 0. The summed E-state index contributed by atoms with van der Waals surface area (Å²) in [5.74, 6) is -0.903. The monoisotopic (exact) mass is 385 g/mol. The summed E-state index contributed by atoms with van der Waals surface area (Å²) in [5, 5.41) is 2.42. The van der Waals surface area contributed by atoms with Crippen molar-refractivity contribution in [1.29, 1.82) is 0 Å². The van der Waals surface area contributed by atoms with Gasteiger partial charge < -0.3 is 10.2 Å². The summed E-state index contributed by atoms with van der Waals surface area (Å²) in [5.41, 5.74) is -0.559. The lowest BCUT2D eigenvalue weighted by atomic mass is 10.1. The molecule has 0 bridgehead atoms. The van der Waals surface area contributed by atoms with Crippen LogP contribution in [0.25, 0.3) is 0 Å². The van der Waals surface area contributed by atoms with Crippen LogP contribution in [0.4, 0.5) is 0 Å². The summed E-state index contributed by atoms with van der Waals surface area (Å²) in [7, 11) is 1.44. The second kappa shape index (κ2) is 7.21. The maximum atomic E-state index is 12.3. The minimum absolute atomic E-state index is 0.0296. The van der Waals surface area contributed by atoms with Crippen LogP contribution in [-0.2, 0) is 4.79 Å². The van der Waals surface area contributed by atoms with Crippen LogP contribution in [0.2, 0.25) is 20.2 Å². The number of likely N-dealkylation sites (N-methyl/N-ethyl adjacent to an activating group) is 1. The Morgan fingerprint density at radius 2 is 1.64 bits per heavy atom. The molecule has 0 aromatic carbocycles. The molecule has 22 heavy (non-hydrogen) atoms. The minimum atomic E-state index is -0.588. The molecule has 1 rings (SSSR count). The average molecular weight is 387 g/mol. The number of hydrogen-bond acceptors (Lipinski definition) is 3. The molecule has 1 N–H and O–H groups in total. The van der Waals surface area contributed by atoms with E-state index in [2.05, 4.69) is 10.3 Å². The zero-order valence-corrected chi connectivity index (χ0v) is 15.5. The molecule has 0 unspecified atom stereocenters.